The minimum Gasteiger partial charge on any atom is -0.381 e. The molecule has 2 rings (SSSR count). The van der Waals surface area contributed by atoms with E-state index in [1.807, 2.05) is 26.2 Å². The van der Waals surface area contributed by atoms with Gasteiger partial charge in [-0.05, 0) is 44.5 Å². The predicted molar refractivity (Wildman–Crippen MR) is 89.2 cm³/mol. The van der Waals surface area contributed by atoms with Crippen molar-refractivity contribution >= 4 is 23.0 Å². The molecule has 1 atom stereocenters. The number of benzene rings is 1. The van der Waals surface area contributed by atoms with E-state index in [0.29, 0.717) is 6.04 Å². The Morgan fingerprint density at radius 3 is 2.80 bits per heavy atom. The average molecular weight is 296 g/mol. The number of hydrogen-bond donors (Lipinski definition) is 1. The van der Waals surface area contributed by atoms with Crippen molar-refractivity contribution in [3.63, 3.8) is 0 Å². The fraction of sp³-hybridized carbons (Fsp3) is 0.625. The van der Waals surface area contributed by atoms with Gasteiger partial charge in [0.15, 0.2) is 0 Å². The van der Waals surface area contributed by atoms with Crippen LogP contribution >= 0.6 is 11.6 Å². The molecule has 112 valence electrons. The van der Waals surface area contributed by atoms with Crippen molar-refractivity contribution in [1.82, 2.24) is 4.90 Å². The molecule has 0 radical (unpaired) electrons. The van der Waals surface area contributed by atoms with Crippen LogP contribution in [0.15, 0.2) is 18.2 Å². The number of anilines is 2. The molecule has 1 fully saturated rings. The molecule has 0 saturated carbocycles. The summed E-state index contributed by atoms with van der Waals surface area (Å²) in [7, 11) is 4.08. The molecule has 0 amide bonds. The van der Waals surface area contributed by atoms with Crippen molar-refractivity contribution in [2.24, 2.45) is 0 Å². The Hall–Kier alpha value is -0.930. The predicted octanol–water partition coefficient (Wildman–Crippen LogP) is 3.69. The second-order valence-electron chi connectivity index (χ2n) is 5.74. The van der Waals surface area contributed by atoms with Gasteiger partial charge in [0.25, 0.3) is 0 Å². The quantitative estimate of drug-likeness (QED) is 0.914. The number of hydrogen-bond acceptors (Lipinski definition) is 3. The van der Waals surface area contributed by atoms with Gasteiger partial charge in [-0.25, -0.2) is 0 Å². The van der Waals surface area contributed by atoms with Crippen molar-refractivity contribution in [1.29, 1.82) is 0 Å². The lowest BCUT2D eigenvalue weighted by atomic mass is 10.1. The van der Waals surface area contributed by atoms with E-state index >= 15 is 0 Å². The minimum absolute atomic E-state index is 0.545. The summed E-state index contributed by atoms with van der Waals surface area (Å²) in [5.74, 6) is 0. The van der Waals surface area contributed by atoms with Crippen LogP contribution in [0, 0.1) is 0 Å². The molecule has 3 nitrogen and oxygen atoms in total. The summed E-state index contributed by atoms with van der Waals surface area (Å²) in [6, 6.07) is 6.65. The van der Waals surface area contributed by atoms with Crippen LogP contribution in [0.2, 0.25) is 5.02 Å². The Morgan fingerprint density at radius 1 is 1.30 bits per heavy atom. The molecule has 1 heterocycles. The van der Waals surface area contributed by atoms with Crippen LogP contribution in [-0.4, -0.2) is 44.7 Å². The van der Waals surface area contributed by atoms with Gasteiger partial charge in [0, 0.05) is 26.7 Å². The second-order valence-corrected chi connectivity index (χ2v) is 6.14. The topological polar surface area (TPSA) is 18.5 Å². The zero-order chi connectivity index (χ0) is 14.5. The van der Waals surface area contributed by atoms with Gasteiger partial charge in [-0.2, -0.15) is 0 Å². The van der Waals surface area contributed by atoms with Crippen LogP contribution in [0.1, 0.15) is 26.2 Å². The lowest BCUT2D eigenvalue weighted by Crippen LogP contribution is -2.26. The number of rotatable bonds is 4. The highest BCUT2D eigenvalue weighted by molar-refractivity contribution is 6.34. The molecule has 1 aromatic carbocycles. The third-order valence-electron chi connectivity index (χ3n) is 4.06. The third-order valence-corrected chi connectivity index (χ3v) is 4.37. The Morgan fingerprint density at radius 2 is 2.10 bits per heavy atom. The van der Waals surface area contributed by atoms with E-state index < -0.39 is 0 Å². The molecular formula is C16H26ClN3. The maximum absolute atomic E-state index is 6.33. The summed E-state index contributed by atoms with van der Waals surface area (Å²) in [6.45, 7) is 5.82. The van der Waals surface area contributed by atoms with E-state index in [1.54, 1.807) is 0 Å². The van der Waals surface area contributed by atoms with E-state index in [2.05, 4.69) is 28.1 Å². The smallest absolute Gasteiger partial charge is 0.0786 e. The van der Waals surface area contributed by atoms with Crippen molar-refractivity contribution in [3.8, 4) is 0 Å². The highest BCUT2D eigenvalue weighted by Crippen LogP contribution is 2.33. The average Bonchev–Trinajstić information content (AvgIpc) is 2.63. The lowest BCUT2D eigenvalue weighted by molar-refractivity contribution is 0.300. The molecule has 0 bridgehead atoms. The number of nitrogens with one attached hydrogen (secondary N) is 1. The fourth-order valence-electron chi connectivity index (χ4n) is 2.92. The Balaban J connectivity index is 2.08. The summed E-state index contributed by atoms with van der Waals surface area (Å²) in [4.78, 5) is 4.62. The van der Waals surface area contributed by atoms with Gasteiger partial charge in [0.05, 0.1) is 16.4 Å². The molecular weight excluding hydrogens is 270 g/mol. The molecule has 1 unspecified atom stereocenters. The maximum Gasteiger partial charge on any atom is 0.0786 e. The van der Waals surface area contributed by atoms with Crippen molar-refractivity contribution in [2.75, 3.05) is 43.9 Å². The highest BCUT2D eigenvalue weighted by Gasteiger charge is 2.18. The largest absolute Gasteiger partial charge is 0.381 e. The summed E-state index contributed by atoms with van der Waals surface area (Å²) < 4.78 is 0. The number of halogens is 1. The number of para-hydroxylation sites is 1. The summed E-state index contributed by atoms with van der Waals surface area (Å²) >= 11 is 6.33. The van der Waals surface area contributed by atoms with Crippen molar-refractivity contribution < 1.29 is 0 Å². The van der Waals surface area contributed by atoms with Gasteiger partial charge in [-0.15, -0.1) is 0 Å². The first-order valence-corrected chi connectivity index (χ1v) is 7.94. The Labute approximate surface area is 127 Å². The fourth-order valence-corrected chi connectivity index (χ4v) is 3.27. The molecule has 20 heavy (non-hydrogen) atoms. The standard InChI is InChI=1S/C16H26ClN3/c1-4-20-11-6-7-13(10-12-20)18-15-9-5-8-14(17)16(15)19(2)3/h5,8-9,13,18H,4,6-7,10-12H2,1-3H3. The van der Waals surface area contributed by atoms with Gasteiger partial charge in [-0.3, -0.25) is 0 Å². The number of nitrogens with zero attached hydrogens (tertiary/aromatic N) is 2. The van der Waals surface area contributed by atoms with Gasteiger partial charge >= 0.3 is 0 Å². The minimum atomic E-state index is 0.545. The first kappa shape index (κ1) is 15.5. The lowest BCUT2D eigenvalue weighted by Gasteiger charge is -2.24. The van der Waals surface area contributed by atoms with E-state index in [1.165, 1.54) is 32.4 Å². The molecule has 1 saturated heterocycles. The summed E-state index contributed by atoms with van der Waals surface area (Å²) in [5.41, 5.74) is 2.24. The number of likely N-dealkylation sites (tertiary alicyclic amines) is 1. The summed E-state index contributed by atoms with van der Waals surface area (Å²) in [5, 5.41) is 4.51. The van der Waals surface area contributed by atoms with Crippen LogP contribution in [0.5, 0.6) is 0 Å². The van der Waals surface area contributed by atoms with Gasteiger partial charge in [0.1, 0.15) is 0 Å². The first-order chi connectivity index (χ1) is 9.61. The van der Waals surface area contributed by atoms with Crippen LogP contribution in [0.4, 0.5) is 11.4 Å². The zero-order valence-electron chi connectivity index (χ0n) is 12.8. The first-order valence-electron chi connectivity index (χ1n) is 7.56. The Kier molecular flexibility index (Phi) is 5.55. The molecule has 0 spiro atoms. The Bertz CT molecular complexity index is 434. The highest BCUT2D eigenvalue weighted by atomic mass is 35.5. The normalized spacial score (nSPS) is 20.5. The molecule has 1 aliphatic rings. The SMILES string of the molecule is CCN1CCCC(Nc2cccc(Cl)c2N(C)C)CC1. The van der Waals surface area contributed by atoms with Crippen molar-refractivity contribution in [3.05, 3.63) is 23.2 Å². The van der Waals surface area contributed by atoms with Gasteiger partial charge in [-0.1, -0.05) is 24.6 Å². The van der Waals surface area contributed by atoms with Crippen LogP contribution in [-0.2, 0) is 0 Å². The molecule has 0 aromatic heterocycles. The molecule has 4 heteroatoms. The second kappa shape index (κ2) is 7.19. The molecule has 1 aromatic rings. The van der Waals surface area contributed by atoms with E-state index in [9.17, 15) is 0 Å². The van der Waals surface area contributed by atoms with Crippen molar-refractivity contribution in [2.45, 2.75) is 32.2 Å². The van der Waals surface area contributed by atoms with Crippen LogP contribution in [0.3, 0.4) is 0 Å². The van der Waals surface area contributed by atoms with E-state index in [4.69, 9.17) is 11.6 Å². The van der Waals surface area contributed by atoms with E-state index in [-0.39, 0.29) is 0 Å². The maximum atomic E-state index is 6.33. The molecule has 1 N–H and O–H groups in total. The summed E-state index contributed by atoms with van der Waals surface area (Å²) in [6.07, 6.45) is 3.70. The third kappa shape index (κ3) is 3.80. The monoisotopic (exact) mass is 295 g/mol. The van der Waals surface area contributed by atoms with Crippen LogP contribution in [0.25, 0.3) is 0 Å². The van der Waals surface area contributed by atoms with Gasteiger partial charge in [0.2, 0.25) is 0 Å². The van der Waals surface area contributed by atoms with Gasteiger partial charge < -0.3 is 15.1 Å². The molecule has 0 aliphatic carbocycles. The zero-order valence-corrected chi connectivity index (χ0v) is 13.6. The van der Waals surface area contributed by atoms with Crippen LogP contribution < -0.4 is 10.2 Å². The van der Waals surface area contributed by atoms with E-state index in [0.717, 1.165) is 22.9 Å². The molecule has 1 aliphatic heterocycles.